The van der Waals surface area contributed by atoms with Crippen LogP contribution in [0, 0.1) is 0 Å². The number of anilines is 1. The summed E-state index contributed by atoms with van der Waals surface area (Å²) in [7, 11) is 0. The minimum Gasteiger partial charge on any atom is -0.406 e. The van der Waals surface area contributed by atoms with Crippen LogP contribution in [-0.4, -0.2) is 35.7 Å². The molecule has 1 atom stereocenters. The molecule has 1 aromatic heterocycles. The lowest BCUT2D eigenvalue weighted by atomic mass is 10.3. The van der Waals surface area contributed by atoms with Crippen molar-refractivity contribution in [2.24, 2.45) is 0 Å². The maximum Gasteiger partial charge on any atom is 0.315 e. The van der Waals surface area contributed by atoms with Gasteiger partial charge in [-0.3, -0.25) is 4.79 Å². The van der Waals surface area contributed by atoms with E-state index in [9.17, 15) is 4.79 Å². The second-order valence-corrected chi connectivity index (χ2v) is 3.93. The maximum absolute atomic E-state index is 11.2. The van der Waals surface area contributed by atoms with Gasteiger partial charge in [-0.25, -0.2) is 0 Å². The lowest BCUT2D eigenvalue weighted by molar-refractivity contribution is -0.119. The molecule has 102 valence electrons. The van der Waals surface area contributed by atoms with Gasteiger partial charge in [-0.15, -0.1) is 5.10 Å². The summed E-state index contributed by atoms with van der Waals surface area (Å²) in [5.41, 5.74) is 0. The van der Waals surface area contributed by atoms with Gasteiger partial charge in [0.25, 0.3) is 0 Å². The monoisotopic (exact) mass is 255 g/mol. The zero-order chi connectivity index (χ0) is 13.4. The minimum atomic E-state index is -0.102. The number of carbonyl (C=O) groups excluding carboxylic acids is 1. The van der Waals surface area contributed by atoms with Crippen LogP contribution < -0.4 is 16.0 Å². The Kier molecular flexibility index (Phi) is 6.13. The number of hydrogen-bond acceptors (Lipinski definition) is 6. The SMILES string of the molecule is CCCNC(C)c1nnc(NCC(=O)NCC)o1. The molecular formula is C11H21N5O2. The summed E-state index contributed by atoms with van der Waals surface area (Å²) in [6.45, 7) is 7.54. The number of nitrogens with one attached hydrogen (secondary N) is 3. The second kappa shape index (κ2) is 7.65. The first-order chi connectivity index (χ1) is 8.67. The highest BCUT2D eigenvalue weighted by molar-refractivity contribution is 5.79. The highest BCUT2D eigenvalue weighted by Gasteiger charge is 2.13. The van der Waals surface area contributed by atoms with Gasteiger partial charge in [-0.2, -0.15) is 0 Å². The van der Waals surface area contributed by atoms with E-state index < -0.39 is 0 Å². The fourth-order valence-corrected chi connectivity index (χ4v) is 1.34. The molecule has 0 bridgehead atoms. The first kappa shape index (κ1) is 14.4. The lowest BCUT2D eigenvalue weighted by Gasteiger charge is -2.07. The third kappa shape index (κ3) is 4.70. The Labute approximate surface area is 107 Å². The first-order valence-electron chi connectivity index (χ1n) is 6.24. The van der Waals surface area contributed by atoms with Gasteiger partial charge in [0.05, 0.1) is 12.6 Å². The van der Waals surface area contributed by atoms with Gasteiger partial charge in [-0.05, 0) is 26.8 Å². The molecule has 1 aromatic rings. The van der Waals surface area contributed by atoms with Crippen molar-refractivity contribution in [3.8, 4) is 0 Å². The Morgan fingerprint density at radius 3 is 2.83 bits per heavy atom. The van der Waals surface area contributed by atoms with Crippen LogP contribution in [0.1, 0.15) is 39.1 Å². The van der Waals surface area contributed by atoms with Crippen molar-refractivity contribution in [1.29, 1.82) is 0 Å². The maximum atomic E-state index is 11.2. The molecule has 0 saturated carbocycles. The molecule has 0 aromatic carbocycles. The van der Waals surface area contributed by atoms with Gasteiger partial charge < -0.3 is 20.4 Å². The third-order valence-electron chi connectivity index (χ3n) is 2.29. The summed E-state index contributed by atoms with van der Waals surface area (Å²) >= 11 is 0. The fourth-order valence-electron chi connectivity index (χ4n) is 1.34. The van der Waals surface area contributed by atoms with E-state index >= 15 is 0 Å². The molecule has 0 fully saturated rings. The summed E-state index contributed by atoms with van der Waals surface area (Å²) in [6, 6.07) is 0.277. The van der Waals surface area contributed by atoms with Crippen molar-refractivity contribution in [1.82, 2.24) is 20.8 Å². The molecule has 0 aliphatic rings. The predicted octanol–water partition coefficient (Wildman–Crippen LogP) is 0.678. The van der Waals surface area contributed by atoms with Crippen LogP contribution in [0.3, 0.4) is 0 Å². The molecule has 0 radical (unpaired) electrons. The number of aromatic nitrogens is 2. The van der Waals surface area contributed by atoms with Crippen LogP contribution in [-0.2, 0) is 4.79 Å². The molecule has 7 heteroatoms. The Morgan fingerprint density at radius 1 is 1.39 bits per heavy atom. The molecule has 0 aliphatic carbocycles. The van der Waals surface area contributed by atoms with Crippen LogP contribution in [0.2, 0.25) is 0 Å². The van der Waals surface area contributed by atoms with Crippen molar-refractivity contribution in [3.05, 3.63) is 5.89 Å². The van der Waals surface area contributed by atoms with Gasteiger partial charge in [0.15, 0.2) is 0 Å². The van der Waals surface area contributed by atoms with E-state index in [2.05, 4.69) is 33.1 Å². The molecule has 1 unspecified atom stereocenters. The average molecular weight is 255 g/mol. The summed E-state index contributed by atoms with van der Waals surface area (Å²) in [6.07, 6.45) is 1.04. The van der Waals surface area contributed by atoms with Gasteiger partial charge in [0.2, 0.25) is 11.8 Å². The number of nitrogens with zero attached hydrogens (tertiary/aromatic N) is 2. The summed E-state index contributed by atoms with van der Waals surface area (Å²) in [5.74, 6) is 0.413. The quantitative estimate of drug-likeness (QED) is 0.632. The molecular weight excluding hydrogens is 234 g/mol. The van der Waals surface area contributed by atoms with Crippen molar-refractivity contribution >= 4 is 11.9 Å². The molecule has 1 heterocycles. The Balaban J connectivity index is 2.40. The fraction of sp³-hybridized carbons (Fsp3) is 0.727. The zero-order valence-electron chi connectivity index (χ0n) is 11.1. The molecule has 18 heavy (non-hydrogen) atoms. The number of rotatable bonds is 8. The number of likely N-dealkylation sites (N-methyl/N-ethyl adjacent to an activating group) is 1. The standard InChI is InChI=1S/C11H21N5O2/c1-4-6-13-8(3)10-15-16-11(18-10)14-7-9(17)12-5-2/h8,13H,4-7H2,1-3H3,(H,12,17)(H,14,16). The van der Waals surface area contributed by atoms with E-state index in [1.807, 2.05) is 13.8 Å². The van der Waals surface area contributed by atoms with E-state index in [-0.39, 0.29) is 24.5 Å². The topological polar surface area (TPSA) is 92.1 Å². The van der Waals surface area contributed by atoms with Crippen molar-refractivity contribution in [3.63, 3.8) is 0 Å². The Morgan fingerprint density at radius 2 is 2.17 bits per heavy atom. The molecule has 0 spiro atoms. The van der Waals surface area contributed by atoms with E-state index in [0.29, 0.717) is 12.4 Å². The largest absolute Gasteiger partial charge is 0.406 e. The van der Waals surface area contributed by atoms with Crippen molar-refractivity contribution in [2.75, 3.05) is 25.0 Å². The lowest BCUT2D eigenvalue weighted by Crippen LogP contribution is -2.29. The van der Waals surface area contributed by atoms with Crippen LogP contribution in [0.5, 0.6) is 0 Å². The van der Waals surface area contributed by atoms with E-state index in [4.69, 9.17) is 4.42 Å². The van der Waals surface area contributed by atoms with Gasteiger partial charge in [0, 0.05) is 6.54 Å². The van der Waals surface area contributed by atoms with Gasteiger partial charge in [-0.1, -0.05) is 12.0 Å². The van der Waals surface area contributed by atoms with Gasteiger partial charge >= 0.3 is 6.01 Å². The van der Waals surface area contributed by atoms with Crippen LogP contribution in [0.15, 0.2) is 4.42 Å². The number of hydrogen-bond donors (Lipinski definition) is 3. The van der Waals surface area contributed by atoms with E-state index in [0.717, 1.165) is 13.0 Å². The highest BCUT2D eigenvalue weighted by atomic mass is 16.4. The van der Waals surface area contributed by atoms with Crippen LogP contribution >= 0.6 is 0 Å². The van der Waals surface area contributed by atoms with Crippen LogP contribution in [0.25, 0.3) is 0 Å². The first-order valence-corrected chi connectivity index (χ1v) is 6.24. The number of amides is 1. The molecule has 0 saturated heterocycles. The zero-order valence-corrected chi connectivity index (χ0v) is 11.1. The summed E-state index contributed by atoms with van der Waals surface area (Å²) in [4.78, 5) is 11.2. The van der Waals surface area contributed by atoms with E-state index in [1.165, 1.54) is 0 Å². The second-order valence-electron chi connectivity index (χ2n) is 3.93. The van der Waals surface area contributed by atoms with Gasteiger partial charge in [0.1, 0.15) is 0 Å². The molecule has 0 aliphatic heterocycles. The van der Waals surface area contributed by atoms with Crippen molar-refractivity contribution < 1.29 is 9.21 Å². The highest BCUT2D eigenvalue weighted by Crippen LogP contribution is 2.13. The Hall–Kier alpha value is -1.63. The molecule has 3 N–H and O–H groups in total. The molecule has 1 amide bonds. The predicted molar refractivity (Wildman–Crippen MR) is 68.2 cm³/mol. The third-order valence-corrected chi connectivity index (χ3v) is 2.29. The van der Waals surface area contributed by atoms with Crippen LogP contribution in [0.4, 0.5) is 6.01 Å². The Bertz CT molecular complexity index is 366. The van der Waals surface area contributed by atoms with E-state index in [1.54, 1.807) is 0 Å². The minimum absolute atomic E-state index is 0.0115. The normalized spacial score (nSPS) is 12.2. The summed E-state index contributed by atoms with van der Waals surface area (Å²) < 4.78 is 5.40. The molecule has 7 nitrogen and oxygen atoms in total. The summed E-state index contributed by atoms with van der Waals surface area (Å²) in [5, 5.41) is 16.4. The molecule has 1 rings (SSSR count). The number of carbonyl (C=O) groups is 1. The smallest absolute Gasteiger partial charge is 0.315 e. The average Bonchev–Trinajstić information content (AvgIpc) is 2.82. The van der Waals surface area contributed by atoms with Crippen molar-refractivity contribution in [2.45, 2.75) is 33.2 Å².